The number of fused-ring (bicyclic) bond motifs is 1. The van der Waals surface area contributed by atoms with Crippen LogP contribution in [0.3, 0.4) is 0 Å². The third kappa shape index (κ3) is 3.42. The second-order valence-electron chi connectivity index (χ2n) is 4.89. The molecule has 0 aliphatic heterocycles. The standard InChI is InChI=1S/C15H22N2S2/c1-3-5-7-11-9-10-13-14(12(11)8-6-4-2)16-15(17-18)19-13/h9-10,18H,3-8H2,1-2H3,(H,16,17). The van der Waals surface area contributed by atoms with Crippen LogP contribution in [0.25, 0.3) is 10.2 Å². The average molecular weight is 294 g/mol. The molecular formula is C15H22N2S2. The Hall–Kier alpha value is -0.740. The van der Waals surface area contributed by atoms with Crippen molar-refractivity contribution in [3.8, 4) is 0 Å². The highest BCUT2D eigenvalue weighted by molar-refractivity contribution is 7.82. The van der Waals surface area contributed by atoms with Gasteiger partial charge in [-0.1, -0.05) is 56.9 Å². The summed E-state index contributed by atoms with van der Waals surface area (Å²) >= 11 is 5.78. The molecular weight excluding hydrogens is 272 g/mol. The number of nitrogens with one attached hydrogen (secondary N) is 1. The monoisotopic (exact) mass is 294 g/mol. The van der Waals surface area contributed by atoms with Crippen molar-refractivity contribution in [3.05, 3.63) is 23.3 Å². The van der Waals surface area contributed by atoms with Crippen molar-refractivity contribution >= 4 is 39.5 Å². The highest BCUT2D eigenvalue weighted by Gasteiger charge is 2.11. The summed E-state index contributed by atoms with van der Waals surface area (Å²) in [5.41, 5.74) is 4.13. The number of benzene rings is 1. The zero-order chi connectivity index (χ0) is 13.7. The van der Waals surface area contributed by atoms with Crippen molar-refractivity contribution in [2.24, 2.45) is 0 Å². The van der Waals surface area contributed by atoms with Gasteiger partial charge in [0.15, 0.2) is 5.13 Å². The summed E-state index contributed by atoms with van der Waals surface area (Å²) in [7, 11) is 0. The van der Waals surface area contributed by atoms with Crippen molar-refractivity contribution in [1.29, 1.82) is 0 Å². The molecule has 1 N–H and O–H groups in total. The van der Waals surface area contributed by atoms with E-state index < -0.39 is 0 Å². The molecule has 1 heterocycles. The van der Waals surface area contributed by atoms with Crippen LogP contribution in [0.2, 0.25) is 0 Å². The normalized spacial score (nSPS) is 11.1. The van der Waals surface area contributed by atoms with Gasteiger partial charge in [-0.15, -0.1) is 0 Å². The van der Waals surface area contributed by atoms with Gasteiger partial charge in [0.25, 0.3) is 0 Å². The van der Waals surface area contributed by atoms with E-state index in [0.717, 1.165) is 11.6 Å². The van der Waals surface area contributed by atoms with E-state index in [4.69, 9.17) is 0 Å². The summed E-state index contributed by atoms with van der Waals surface area (Å²) < 4.78 is 4.13. The number of thiazole rings is 1. The number of aryl methyl sites for hydroxylation is 2. The van der Waals surface area contributed by atoms with Crippen LogP contribution in [-0.4, -0.2) is 4.98 Å². The fraction of sp³-hybridized carbons (Fsp3) is 0.533. The number of hydrogen-bond acceptors (Lipinski definition) is 4. The first-order chi connectivity index (χ1) is 9.30. The maximum Gasteiger partial charge on any atom is 0.193 e. The summed E-state index contributed by atoms with van der Waals surface area (Å²) in [5, 5.41) is 0.892. The molecule has 0 amide bonds. The minimum absolute atomic E-state index is 0.892. The first-order valence-corrected chi connectivity index (χ1v) is 8.37. The molecule has 0 saturated carbocycles. The Bertz CT molecular complexity index is 534. The van der Waals surface area contributed by atoms with Crippen LogP contribution in [0, 0.1) is 0 Å². The first kappa shape index (κ1) is 14.7. The highest BCUT2D eigenvalue weighted by Crippen LogP contribution is 2.32. The predicted octanol–water partition coefficient (Wildman–Crippen LogP) is 5.24. The average Bonchev–Trinajstić information content (AvgIpc) is 2.86. The van der Waals surface area contributed by atoms with Crippen LogP contribution in [0.4, 0.5) is 5.13 Å². The molecule has 2 rings (SSSR count). The lowest BCUT2D eigenvalue weighted by Gasteiger charge is -2.09. The van der Waals surface area contributed by atoms with Gasteiger partial charge in [-0.05, 0) is 42.9 Å². The molecule has 104 valence electrons. The molecule has 1 aromatic heterocycles. The van der Waals surface area contributed by atoms with Crippen LogP contribution in [-0.2, 0) is 12.8 Å². The fourth-order valence-corrected chi connectivity index (χ4v) is 3.35. The van der Waals surface area contributed by atoms with E-state index >= 15 is 0 Å². The number of hydrogen-bond donors (Lipinski definition) is 2. The van der Waals surface area contributed by atoms with Crippen LogP contribution in [0.5, 0.6) is 0 Å². The molecule has 4 heteroatoms. The smallest absolute Gasteiger partial charge is 0.193 e. The molecule has 2 aromatic rings. The Labute approximate surface area is 125 Å². The topological polar surface area (TPSA) is 24.9 Å². The quantitative estimate of drug-likeness (QED) is 0.683. The molecule has 0 aliphatic rings. The number of rotatable bonds is 7. The van der Waals surface area contributed by atoms with Gasteiger partial charge in [0, 0.05) is 0 Å². The fourth-order valence-electron chi connectivity index (χ4n) is 2.37. The Morgan fingerprint density at radius 2 is 1.89 bits per heavy atom. The second-order valence-corrected chi connectivity index (χ2v) is 6.14. The van der Waals surface area contributed by atoms with E-state index in [0.29, 0.717) is 0 Å². The third-order valence-electron chi connectivity index (χ3n) is 3.44. The number of thiol groups is 1. The van der Waals surface area contributed by atoms with Crippen LogP contribution >= 0.6 is 24.2 Å². The number of unbranched alkanes of at least 4 members (excludes halogenated alkanes) is 2. The molecule has 0 bridgehead atoms. The van der Waals surface area contributed by atoms with E-state index in [1.807, 2.05) is 0 Å². The van der Waals surface area contributed by atoms with E-state index in [1.54, 1.807) is 11.3 Å². The summed E-state index contributed by atoms with van der Waals surface area (Å²) in [6, 6.07) is 4.51. The van der Waals surface area contributed by atoms with Crippen molar-refractivity contribution in [2.75, 3.05) is 4.72 Å². The van der Waals surface area contributed by atoms with Gasteiger partial charge in [0.05, 0.1) is 10.2 Å². The number of aromatic nitrogens is 1. The zero-order valence-electron chi connectivity index (χ0n) is 11.7. The van der Waals surface area contributed by atoms with Gasteiger partial charge < -0.3 is 4.72 Å². The predicted molar refractivity (Wildman–Crippen MR) is 89.5 cm³/mol. The van der Waals surface area contributed by atoms with E-state index in [1.165, 1.54) is 53.4 Å². The van der Waals surface area contributed by atoms with Crippen LogP contribution in [0.1, 0.15) is 50.7 Å². The lowest BCUT2D eigenvalue weighted by atomic mass is 9.97. The zero-order valence-corrected chi connectivity index (χ0v) is 13.4. The Kier molecular flexibility index (Phi) is 5.52. The van der Waals surface area contributed by atoms with Gasteiger partial charge in [-0.3, -0.25) is 0 Å². The molecule has 2 nitrogen and oxygen atoms in total. The Morgan fingerprint density at radius 1 is 1.16 bits per heavy atom. The van der Waals surface area contributed by atoms with Crippen molar-refractivity contribution in [1.82, 2.24) is 4.98 Å². The van der Waals surface area contributed by atoms with E-state index in [-0.39, 0.29) is 0 Å². The Balaban J connectivity index is 2.42. The minimum Gasteiger partial charge on any atom is -0.308 e. The molecule has 1 aromatic carbocycles. The highest BCUT2D eigenvalue weighted by atomic mass is 32.1. The summed E-state index contributed by atoms with van der Waals surface area (Å²) in [6.45, 7) is 4.49. The minimum atomic E-state index is 0.892. The molecule has 19 heavy (non-hydrogen) atoms. The molecule has 0 aliphatic carbocycles. The van der Waals surface area contributed by atoms with Crippen LogP contribution < -0.4 is 4.72 Å². The van der Waals surface area contributed by atoms with Crippen molar-refractivity contribution < 1.29 is 0 Å². The molecule has 0 unspecified atom stereocenters. The third-order valence-corrected chi connectivity index (χ3v) is 4.74. The number of anilines is 1. The van der Waals surface area contributed by atoms with Gasteiger partial charge in [-0.2, -0.15) is 0 Å². The van der Waals surface area contributed by atoms with Crippen LogP contribution in [0.15, 0.2) is 12.1 Å². The van der Waals surface area contributed by atoms with Gasteiger partial charge in [0.1, 0.15) is 0 Å². The van der Waals surface area contributed by atoms with E-state index in [2.05, 4.69) is 48.5 Å². The Morgan fingerprint density at radius 3 is 2.58 bits per heavy atom. The maximum absolute atomic E-state index is 4.68. The van der Waals surface area contributed by atoms with Gasteiger partial charge >= 0.3 is 0 Å². The lowest BCUT2D eigenvalue weighted by Crippen LogP contribution is -1.96. The van der Waals surface area contributed by atoms with Crippen molar-refractivity contribution in [3.63, 3.8) is 0 Å². The molecule has 0 radical (unpaired) electrons. The maximum atomic E-state index is 4.68. The molecule has 0 spiro atoms. The molecule has 0 fully saturated rings. The second kappa shape index (κ2) is 7.15. The summed E-state index contributed by atoms with van der Waals surface area (Å²) in [5.74, 6) is 0. The number of nitrogens with zero attached hydrogens (tertiary/aromatic N) is 1. The molecule has 0 atom stereocenters. The summed E-state index contributed by atoms with van der Waals surface area (Å²) in [6.07, 6.45) is 7.28. The largest absolute Gasteiger partial charge is 0.308 e. The first-order valence-electron chi connectivity index (χ1n) is 7.11. The SMILES string of the molecule is CCCCc1ccc2sc(NS)nc2c1CCCC. The van der Waals surface area contributed by atoms with Crippen molar-refractivity contribution in [2.45, 2.75) is 52.4 Å². The van der Waals surface area contributed by atoms with Gasteiger partial charge in [0.2, 0.25) is 0 Å². The van der Waals surface area contributed by atoms with Gasteiger partial charge in [-0.25, -0.2) is 4.98 Å². The lowest BCUT2D eigenvalue weighted by molar-refractivity contribution is 0.761. The van der Waals surface area contributed by atoms with E-state index in [9.17, 15) is 0 Å². The summed E-state index contributed by atoms with van der Waals surface area (Å²) in [4.78, 5) is 4.68. The molecule has 0 saturated heterocycles.